The van der Waals surface area contributed by atoms with E-state index < -0.39 is 0 Å². The Morgan fingerprint density at radius 3 is 2.71 bits per heavy atom. The number of rotatable bonds is 2. The average Bonchev–Trinajstić information content (AvgIpc) is 2.76. The minimum Gasteiger partial charge on any atom is -0.372 e. The molecule has 3 aliphatic heterocycles. The number of hydrogen-bond donors (Lipinski definition) is 0. The summed E-state index contributed by atoms with van der Waals surface area (Å²) in [5, 5.41) is 0. The summed E-state index contributed by atoms with van der Waals surface area (Å²) in [4.78, 5) is 5.09. The van der Waals surface area contributed by atoms with Crippen LogP contribution in [0, 0.1) is 5.41 Å². The molecule has 0 aromatic heterocycles. The first-order valence-corrected chi connectivity index (χ1v) is 5.78. The second kappa shape index (κ2) is 3.19. The van der Waals surface area contributed by atoms with E-state index >= 15 is 0 Å². The molecule has 3 heteroatoms. The topological polar surface area (TPSA) is 19.0 Å². The van der Waals surface area contributed by atoms with Gasteiger partial charge in [-0.1, -0.05) is 0 Å². The van der Waals surface area contributed by atoms with E-state index in [0.717, 1.165) is 6.61 Å². The van der Waals surface area contributed by atoms with Gasteiger partial charge in [0.1, 0.15) is 0 Å². The summed E-state index contributed by atoms with van der Waals surface area (Å²) in [6.45, 7) is 7.42. The van der Waals surface area contributed by atoms with Crippen molar-refractivity contribution in [3.63, 3.8) is 0 Å². The van der Waals surface area contributed by atoms with E-state index in [1.807, 2.05) is 0 Å². The summed E-state index contributed by atoms with van der Waals surface area (Å²) < 4.78 is 5.29. The fraction of sp³-hybridized carbons (Fsp3) is 1.00. The third-order valence-electron chi connectivity index (χ3n) is 4.01. The maximum Gasteiger partial charge on any atom is 0.0936 e. The van der Waals surface area contributed by atoms with Gasteiger partial charge in [-0.25, -0.2) is 0 Å². The predicted octanol–water partition coefficient (Wildman–Crippen LogP) is 0.413. The van der Waals surface area contributed by atoms with E-state index in [-0.39, 0.29) is 0 Å². The molecule has 14 heavy (non-hydrogen) atoms. The first-order chi connectivity index (χ1) is 6.76. The van der Waals surface area contributed by atoms with Crippen LogP contribution < -0.4 is 0 Å². The third-order valence-corrected chi connectivity index (χ3v) is 4.01. The van der Waals surface area contributed by atoms with Crippen molar-refractivity contribution < 1.29 is 4.74 Å². The lowest BCUT2D eigenvalue weighted by Crippen LogP contribution is -2.31. The molecule has 2 atom stereocenters. The second-order valence-electron chi connectivity index (χ2n) is 5.43. The minimum absolute atomic E-state index is 0.573. The first kappa shape index (κ1) is 9.13. The summed E-state index contributed by atoms with van der Waals surface area (Å²) in [5.74, 6) is 0. The van der Waals surface area contributed by atoms with Crippen LogP contribution in [0.5, 0.6) is 0 Å². The van der Waals surface area contributed by atoms with Crippen molar-refractivity contribution in [2.75, 3.05) is 46.4 Å². The second-order valence-corrected chi connectivity index (χ2v) is 5.43. The maximum atomic E-state index is 5.29. The molecule has 0 amide bonds. The van der Waals surface area contributed by atoms with Crippen LogP contribution in [0.3, 0.4) is 0 Å². The normalized spacial score (nSPS) is 43.9. The van der Waals surface area contributed by atoms with Gasteiger partial charge in [-0.05, 0) is 38.4 Å². The van der Waals surface area contributed by atoms with Crippen LogP contribution in [0.1, 0.15) is 12.8 Å². The van der Waals surface area contributed by atoms with Gasteiger partial charge in [0.15, 0.2) is 0 Å². The van der Waals surface area contributed by atoms with Crippen LogP contribution >= 0.6 is 0 Å². The Hall–Kier alpha value is -0.120. The van der Waals surface area contributed by atoms with E-state index in [2.05, 4.69) is 16.8 Å². The van der Waals surface area contributed by atoms with Gasteiger partial charge in [-0.2, -0.15) is 0 Å². The van der Waals surface area contributed by atoms with E-state index in [4.69, 9.17) is 4.74 Å². The van der Waals surface area contributed by atoms with Gasteiger partial charge < -0.3 is 14.5 Å². The third kappa shape index (κ3) is 1.69. The maximum absolute atomic E-state index is 5.29. The quantitative estimate of drug-likeness (QED) is 0.596. The highest BCUT2D eigenvalue weighted by Crippen LogP contribution is 2.39. The van der Waals surface area contributed by atoms with E-state index in [0.29, 0.717) is 11.5 Å². The Kier molecular flexibility index (Phi) is 2.08. The van der Waals surface area contributed by atoms with Crippen LogP contribution in [0.4, 0.5) is 0 Å². The number of ether oxygens (including phenoxy) is 1. The molecule has 0 aromatic rings. The molecule has 3 nitrogen and oxygen atoms in total. The number of likely N-dealkylation sites (tertiary alicyclic amines) is 2. The van der Waals surface area contributed by atoms with Gasteiger partial charge in [0, 0.05) is 19.6 Å². The van der Waals surface area contributed by atoms with Crippen molar-refractivity contribution in [2.45, 2.75) is 18.9 Å². The van der Waals surface area contributed by atoms with Crippen LogP contribution in [0.25, 0.3) is 0 Å². The molecular formula is C11H20N2O. The van der Waals surface area contributed by atoms with Gasteiger partial charge >= 0.3 is 0 Å². The molecule has 3 fully saturated rings. The lowest BCUT2D eigenvalue weighted by atomic mass is 9.86. The number of epoxide rings is 1. The fourth-order valence-corrected chi connectivity index (χ4v) is 3.14. The molecule has 3 saturated heterocycles. The molecule has 3 aliphatic rings. The zero-order valence-corrected chi connectivity index (χ0v) is 9.04. The summed E-state index contributed by atoms with van der Waals surface area (Å²) in [6.07, 6.45) is 3.39. The molecule has 0 aromatic carbocycles. The van der Waals surface area contributed by atoms with Gasteiger partial charge in [-0.15, -0.1) is 0 Å². The fourth-order valence-electron chi connectivity index (χ4n) is 3.14. The summed E-state index contributed by atoms with van der Waals surface area (Å²) >= 11 is 0. The van der Waals surface area contributed by atoms with Gasteiger partial charge in [0.25, 0.3) is 0 Å². The van der Waals surface area contributed by atoms with Crippen LogP contribution in [-0.2, 0) is 4.74 Å². The van der Waals surface area contributed by atoms with Crippen molar-refractivity contribution >= 4 is 0 Å². The van der Waals surface area contributed by atoms with Crippen molar-refractivity contribution in [3.8, 4) is 0 Å². The molecule has 0 radical (unpaired) electrons. The van der Waals surface area contributed by atoms with Gasteiger partial charge in [0.2, 0.25) is 0 Å². The highest BCUT2D eigenvalue weighted by atomic mass is 16.6. The monoisotopic (exact) mass is 196 g/mol. The first-order valence-electron chi connectivity index (χ1n) is 5.78. The molecule has 3 rings (SSSR count). The molecule has 0 aliphatic carbocycles. The molecule has 2 unspecified atom stereocenters. The Labute approximate surface area is 86.0 Å². The van der Waals surface area contributed by atoms with Crippen LogP contribution in [0.15, 0.2) is 0 Å². The van der Waals surface area contributed by atoms with Crippen molar-refractivity contribution in [1.82, 2.24) is 9.80 Å². The van der Waals surface area contributed by atoms with Gasteiger partial charge in [-0.3, -0.25) is 0 Å². The molecule has 1 spiro atoms. The van der Waals surface area contributed by atoms with E-state index in [1.165, 1.54) is 45.6 Å². The standard InChI is InChI=1S/C11H20N2O/c1-12-4-2-11(8-12)3-5-13(9-11)6-10-7-14-10/h10H,2-9H2,1H3. The molecule has 0 bridgehead atoms. The number of nitrogens with zero attached hydrogens (tertiary/aromatic N) is 2. The lowest BCUT2D eigenvalue weighted by Gasteiger charge is -2.23. The Bertz CT molecular complexity index is 229. The smallest absolute Gasteiger partial charge is 0.0936 e. The van der Waals surface area contributed by atoms with Crippen molar-refractivity contribution in [3.05, 3.63) is 0 Å². The van der Waals surface area contributed by atoms with Crippen LogP contribution in [0.2, 0.25) is 0 Å². The lowest BCUT2D eigenvalue weighted by molar-refractivity contribution is 0.237. The molecule has 80 valence electrons. The predicted molar refractivity (Wildman–Crippen MR) is 55.3 cm³/mol. The van der Waals surface area contributed by atoms with Gasteiger partial charge in [0.05, 0.1) is 12.7 Å². The zero-order valence-electron chi connectivity index (χ0n) is 9.04. The summed E-state index contributed by atoms with van der Waals surface area (Å²) in [7, 11) is 2.25. The largest absolute Gasteiger partial charge is 0.372 e. The van der Waals surface area contributed by atoms with Crippen molar-refractivity contribution in [2.24, 2.45) is 5.41 Å². The molecule has 0 N–H and O–H groups in total. The molecule has 3 heterocycles. The Morgan fingerprint density at radius 2 is 2.07 bits per heavy atom. The Morgan fingerprint density at radius 1 is 1.29 bits per heavy atom. The highest BCUT2D eigenvalue weighted by Gasteiger charge is 2.43. The van der Waals surface area contributed by atoms with Crippen LogP contribution in [-0.4, -0.2) is 62.3 Å². The van der Waals surface area contributed by atoms with E-state index in [9.17, 15) is 0 Å². The molecular weight excluding hydrogens is 176 g/mol. The Balaban J connectivity index is 1.57. The molecule has 0 saturated carbocycles. The zero-order chi connectivity index (χ0) is 9.60. The summed E-state index contributed by atoms with van der Waals surface area (Å²) in [5.41, 5.74) is 0.643. The minimum atomic E-state index is 0.573. The SMILES string of the molecule is CN1CCC2(CCN(CC3CO3)C2)C1. The highest BCUT2D eigenvalue weighted by molar-refractivity contribution is 4.97. The number of hydrogen-bond acceptors (Lipinski definition) is 3. The summed E-state index contributed by atoms with van der Waals surface area (Å²) in [6, 6.07) is 0. The average molecular weight is 196 g/mol. The van der Waals surface area contributed by atoms with Crippen molar-refractivity contribution in [1.29, 1.82) is 0 Å². The van der Waals surface area contributed by atoms with E-state index in [1.54, 1.807) is 0 Å².